The van der Waals surface area contributed by atoms with Gasteiger partial charge in [-0.2, -0.15) is 0 Å². The SMILES string of the molecule is CCCC(COC)N=C(N)c1ccccc1. The van der Waals surface area contributed by atoms with E-state index in [1.54, 1.807) is 7.11 Å². The highest BCUT2D eigenvalue weighted by Gasteiger charge is 2.06. The number of nitrogens with two attached hydrogens (primary N) is 1. The normalized spacial score (nSPS) is 13.8. The van der Waals surface area contributed by atoms with Gasteiger partial charge in [0.1, 0.15) is 5.84 Å². The van der Waals surface area contributed by atoms with Gasteiger partial charge in [-0.15, -0.1) is 0 Å². The van der Waals surface area contributed by atoms with Crippen molar-refractivity contribution in [1.82, 2.24) is 0 Å². The van der Waals surface area contributed by atoms with E-state index in [0.717, 1.165) is 18.4 Å². The third kappa shape index (κ3) is 4.03. The van der Waals surface area contributed by atoms with Crippen molar-refractivity contribution >= 4 is 5.84 Å². The molecule has 0 fully saturated rings. The summed E-state index contributed by atoms with van der Waals surface area (Å²) < 4.78 is 5.13. The molecule has 3 nitrogen and oxygen atoms in total. The molecule has 1 atom stereocenters. The summed E-state index contributed by atoms with van der Waals surface area (Å²) in [5.74, 6) is 0.594. The average Bonchev–Trinajstić information content (AvgIpc) is 2.31. The van der Waals surface area contributed by atoms with Gasteiger partial charge in [0.2, 0.25) is 0 Å². The average molecular weight is 220 g/mol. The van der Waals surface area contributed by atoms with Crippen LogP contribution >= 0.6 is 0 Å². The lowest BCUT2D eigenvalue weighted by atomic mass is 10.1. The smallest absolute Gasteiger partial charge is 0.125 e. The summed E-state index contributed by atoms with van der Waals surface area (Å²) in [6.07, 6.45) is 2.08. The Balaban J connectivity index is 2.72. The number of aliphatic imine (C=N–C) groups is 1. The molecule has 1 aromatic carbocycles. The highest BCUT2D eigenvalue weighted by molar-refractivity contribution is 5.97. The van der Waals surface area contributed by atoms with Crippen LogP contribution in [0.1, 0.15) is 25.3 Å². The van der Waals surface area contributed by atoms with Gasteiger partial charge in [0.15, 0.2) is 0 Å². The van der Waals surface area contributed by atoms with Crippen LogP contribution in [0, 0.1) is 0 Å². The monoisotopic (exact) mass is 220 g/mol. The molecule has 1 rings (SSSR count). The number of rotatable bonds is 6. The van der Waals surface area contributed by atoms with Crippen molar-refractivity contribution < 1.29 is 4.74 Å². The topological polar surface area (TPSA) is 47.6 Å². The molecule has 1 aromatic rings. The molecular weight excluding hydrogens is 200 g/mol. The maximum Gasteiger partial charge on any atom is 0.125 e. The van der Waals surface area contributed by atoms with Crippen molar-refractivity contribution in [3.05, 3.63) is 35.9 Å². The first kappa shape index (κ1) is 12.7. The Morgan fingerprint density at radius 1 is 1.38 bits per heavy atom. The van der Waals surface area contributed by atoms with Gasteiger partial charge in [0, 0.05) is 12.7 Å². The van der Waals surface area contributed by atoms with Crippen LogP contribution in [0.4, 0.5) is 0 Å². The second-order valence-electron chi connectivity index (χ2n) is 3.78. The summed E-state index contributed by atoms with van der Waals surface area (Å²) in [4.78, 5) is 4.50. The van der Waals surface area contributed by atoms with Gasteiger partial charge in [-0.25, -0.2) is 0 Å². The summed E-state index contributed by atoms with van der Waals surface area (Å²) in [7, 11) is 1.69. The second-order valence-corrected chi connectivity index (χ2v) is 3.78. The molecule has 88 valence electrons. The molecule has 2 N–H and O–H groups in total. The lowest BCUT2D eigenvalue weighted by Gasteiger charge is -2.11. The van der Waals surface area contributed by atoms with Crippen molar-refractivity contribution in [3.63, 3.8) is 0 Å². The summed E-state index contributed by atoms with van der Waals surface area (Å²) in [6.45, 7) is 2.76. The molecule has 0 amide bonds. The summed E-state index contributed by atoms with van der Waals surface area (Å²) in [5, 5.41) is 0. The van der Waals surface area contributed by atoms with E-state index >= 15 is 0 Å². The van der Waals surface area contributed by atoms with Crippen molar-refractivity contribution in [1.29, 1.82) is 0 Å². The minimum Gasteiger partial charge on any atom is -0.383 e. The molecule has 0 saturated heterocycles. The maximum absolute atomic E-state index is 5.95. The van der Waals surface area contributed by atoms with E-state index in [9.17, 15) is 0 Å². The highest BCUT2D eigenvalue weighted by atomic mass is 16.5. The number of hydrogen-bond donors (Lipinski definition) is 1. The van der Waals surface area contributed by atoms with E-state index in [1.165, 1.54) is 0 Å². The molecule has 0 spiro atoms. The molecule has 0 bridgehead atoms. The highest BCUT2D eigenvalue weighted by Crippen LogP contribution is 2.05. The molecule has 3 heteroatoms. The molecule has 0 aromatic heterocycles. The van der Waals surface area contributed by atoms with E-state index in [4.69, 9.17) is 10.5 Å². The first-order valence-corrected chi connectivity index (χ1v) is 5.65. The van der Waals surface area contributed by atoms with Crippen molar-refractivity contribution in [2.24, 2.45) is 10.7 Å². The Morgan fingerprint density at radius 2 is 2.06 bits per heavy atom. The van der Waals surface area contributed by atoms with Crippen LogP contribution in [0.3, 0.4) is 0 Å². The van der Waals surface area contributed by atoms with Gasteiger partial charge in [0.25, 0.3) is 0 Å². The Hall–Kier alpha value is -1.35. The summed E-state index contributed by atoms with van der Waals surface area (Å²) in [5.41, 5.74) is 6.92. The molecule has 1 unspecified atom stereocenters. The fourth-order valence-corrected chi connectivity index (χ4v) is 1.59. The summed E-state index contributed by atoms with van der Waals surface area (Å²) in [6, 6.07) is 9.99. The van der Waals surface area contributed by atoms with Crippen LogP contribution < -0.4 is 5.73 Å². The van der Waals surface area contributed by atoms with Crippen LogP contribution in [-0.2, 0) is 4.74 Å². The van der Waals surface area contributed by atoms with Crippen LogP contribution in [-0.4, -0.2) is 25.6 Å². The minimum atomic E-state index is 0.162. The molecule has 0 aliphatic carbocycles. The van der Waals surface area contributed by atoms with Gasteiger partial charge < -0.3 is 10.5 Å². The van der Waals surface area contributed by atoms with Crippen LogP contribution in [0.5, 0.6) is 0 Å². The Labute approximate surface area is 97.3 Å². The molecule has 16 heavy (non-hydrogen) atoms. The largest absolute Gasteiger partial charge is 0.383 e. The fourth-order valence-electron chi connectivity index (χ4n) is 1.59. The third-order valence-electron chi connectivity index (χ3n) is 2.37. The van der Waals surface area contributed by atoms with E-state index in [1.807, 2.05) is 30.3 Å². The van der Waals surface area contributed by atoms with Crippen LogP contribution in [0.2, 0.25) is 0 Å². The molecule has 0 radical (unpaired) electrons. The lowest BCUT2D eigenvalue weighted by Crippen LogP contribution is -2.20. The molecule has 0 aliphatic heterocycles. The first-order chi connectivity index (χ1) is 7.77. The van der Waals surface area contributed by atoms with Crippen LogP contribution in [0.25, 0.3) is 0 Å². The Bertz CT molecular complexity index is 316. The zero-order valence-electron chi connectivity index (χ0n) is 10.0. The molecule has 0 heterocycles. The predicted molar refractivity (Wildman–Crippen MR) is 67.7 cm³/mol. The van der Waals surface area contributed by atoms with E-state index in [2.05, 4.69) is 11.9 Å². The van der Waals surface area contributed by atoms with Crippen LogP contribution in [0.15, 0.2) is 35.3 Å². The molecular formula is C13H20N2O. The number of hydrogen-bond acceptors (Lipinski definition) is 2. The number of methoxy groups -OCH3 is 1. The van der Waals surface area contributed by atoms with E-state index in [-0.39, 0.29) is 6.04 Å². The molecule has 0 aliphatic rings. The summed E-state index contributed by atoms with van der Waals surface area (Å²) >= 11 is 0. The first-order valence-electron chi connectivity index (χ1n) is 5.65. The minimum absolute atomic E-state index is 0.162. The van der Waals surface area contributed by atoms with Crippen molar-refractivity contribution in [3.8, 4) is 0 Å². The second kappa shape index (κ2) is 7.01. The quantitative estimate of drug-likeness (QED) is 0.590. The van der Waals surface area contributed by atoms with Crippen molar-refractivity contribution in [2.45, 2.75) is 25.8 Å². The van der Waals surface area contributed by atoms with Gasteiger partial charge >= 0.3 is 0 Å². The predicted octanol–water partition coefficient (Wildman–Crippen LogP) is 2.21. The number of amidine groups is 1. The molecule has 0 saturated carbocycles. The standard InChI is InChI=1S/C13H20N2O/c1-3-7-12(10-16-2)15-13(14)11-8-5-4-6-9-11/h4-6,8-9,12H,3,7,10H2,1-2H3,(H2,14,15). The van der Waals surface area contributed by atoms with Gasteiger partial charge in [-0.05, 0) is 6.42 Å². The zero-order chi connectivity index (χ0) is 11.8. The van der Waals surface area contributed by atoms with Gasteiger partial charge in [-0.1, -0.05) is 43.7 Å². The van der Waals surface area contributed by atoms with E-state index < -0.39 is 0 Å². The Morgan fingerprint density at radius 3 is 2.62 bits per heavy atom. The zero-order valence-corrected chi connectivity index (χ0v) is 10.0. The lowest BCUT2D eigenvalue weighted by molar-refractivity contribution is 0.177. The Kier molecular flexibility index (Phi) is 5.57. The van der Waals surface area contributed by atoms with Crippen molar-refractivity contribution in [2.75, 3.05) is 13.7 Å². The van der Waals surface area contributed by atoms with E-state index in [0.29, 0.717) is 12.4 Å². The van der Waals surface area contributed by atoms with Gasteiger partial charge in [-0.3, -0.25) is 4.99 Å². The number of benzene rings is 1. The number of nitrogens with zero attached hydrogens (tertiary/aromatic N) is 1. The van der Waals surface area contributed by atoms with Gasteiger partial charge in [0.05, 0.1) is 12.6 Å². The fraction of sp³-hybridized carbons (Fsp3) is 0.462. The maximum atomic E-state index is 5.95. The number of ether oxygens (including phenoxy) is 1. The third-order valence-corrected chi connectivity index (χ3v) is 2.37.